The number of rotatable bonds is 6. The van der Waals surface area contributed by atoms with Gasteiger partial charge in [0, 0.05) is 20.8 Å². The maximum absolute atomic E-state index is 11.4. The van der Waals surface area contributed by atoms with E-state index in [-0.39, 0.29) is 0 Å². The van der Waals surface area contributed by atoms with Crippen LogP contribution in [0.2, 0.25) is 0 Å². The summed E-state index contributed by atoms with van der Waals surface area (Å²) in [5.74, 6) is -2.06. The molecule has 0 spiro atoms. The van der Waals surface area contributed by atoms with Gasteiger partial charge in [0.1, 0.15) is 0 Å². The van der Waals surface area contributed by atoms with E-state index >= 15 is 0 Å². The van der Waals surface area contributed by atoms with Crippen LogP contribution in [0.1, 0.15) is 39.7 Å². The predicted molar refractivity (Wildman–Crippen MR) is 81.1 cm³/mol. The summed E-state index contributed by atoms with van der Waals surface area (Å²) in [5.41, 5.74) is 1.09. The van der Waals surface area contributed by atoms with Crippen molar-refractivity contribution in [1.82, 2.24) is 0 Å². The summed E-state index contributed by atoms with van der Waals surface area (Å²) in [4.78, 5) is 34.2. The quantitative estimate of drug-likeness (QED) is 0.737. The van der Waals surface area contributed by atoms with Crippen LogP contribution < -0.4 is 5.19 Å². The largest absolute Gasteiger partial charge is 0.742 e. The first-order valence-corrected chi connectivity index (χ1v) is 8.69. The van der Waals surface area contributed by atoms with Gasteiger partial charge in [-0.15, -0.1) is 0 Å². The van der Waals surface area contributed by atoms with Crippen LogP contribution in [0.25, 0.3) is 0 Å². The van der Waals surface area contributed by atoms with E-state index in [2.05, 4.69) is 6.92 Å². The topological polar surface area (TPSA) is 78.9 Å². The van der Waals surface area contributed by atoms with E-state index in [4.69, 9.17) is 13.3 Å². The molecule has 7 heteroatoms. The Morgan fingerprint density at radius 3 is 1.59 bits per heavy atom. The van der Waals surface area contributed by atoms with Gasteiger partial charge in [-0.3, -0.25) is 14.4 Å². The molecule has 0 saturated carbocycles. The number of carbonyl (C=O) groups excluding carboxylic acids is 3. The summed E-state index contributed by atoms with van der Waals surface area (Å²) < 4.78 is 15.5. The minimum absolute atomic E-state index is 0.382. The highest BCUT2D eigenvalue weighted by Gasteiger charge is 2.54. The Labute approximate surface area is 130 Å². The molecule has 1 aromatic carbocycles. The minimum atomic E-state index is -3.96. The molecule has 120 valence electrons. The van der Waals surface area contributed by atoms with Crippen LogP contribution in [0, 0.1) is 0 Å². The molecule has 0 aromatic heterocycles. The van der Waals surface area contributed by atoms with Gasteiger partial charge in [-0.2, -0.15) is 0 Å². The van der Waals surface area contributed by atoms with Crippen molar-refractivity contribution in [2.24, 2.45) is 0 Å². The first-order valence-electron chi connectivity index (χ1n) is 6.97. The van der Waals surface area contributed by atoms with E-state index in [1.165, 1.54) is 20.8 Å². The van der Waals surface area contributed by atoms with Gasteiger partial charge in [0.05, 0.1) is 5.19 Å². The Hall–Kier alpha value is -2.15. The van der Waals surface area contributed by atoms with Crippen LogP contribution in [-0.2, 0) is 34.1 Å². The average molecular weight is 324 g/mol. The highest BCUT2D eigenvalue weighted by molar-refractivity contribution is 6.79. The SMILES string of the molecule is CCCc1ccc([Si](OC(C)=O)(OC(C)=O)OC(C)=O)cc1. The highest BCUT2D eigenvalue weighted by atomic mass is 28.4. The van der Waals surface area contributed by atoms with Gasteiger partial charge in [0.2, 0.25) is 0 Å². The van der Waals surface area contributed by atoms with Gasteiger partial charge in [0.25, 0.3) is 17.9 Å². The lowest BCUT2D eigenvalue weighted by atomic mass is 10.1. The van der Waals surface area contributed by atoms with Gasteiger partial charge in [-0.05, 0) is 12.0 Å². The van der Waals surface area contributed by atoms with E-state index in [1.54, 1.807) is 12.1 Å². The van der Waals surface area contributed by atoms with Crippen LogP contribution in [0.4, 0.5) is 0 Å². The van der Waals surface area contributed by atoms with Gasteiger partial charge < -0.3 is 13.3 Å². The molecule has 6 nitrogen and oxygen atoms in total. The van der Waals surface area contributed by atoms with Gasteiger partial charge >= 0.3 is 8.80 Å². The molecule has 1 rings (SSSR count). The Morgan fingerprint density at radius 2 is 1.27 bits per heavy atom. The third-order valence-electron chi connectivity index (χ3n) is 2.68. The van der Waals surface area contributed by atoms with Crippen molar-refractivity contribution in [3.63, 3.8) is 0 Å². The second kappa shape index (κ2) is 7.74. The fraction of sp³-hybridized carbons (Fsp3) is 0.400. The Balaban J connectivity index is 3.27. The normalized spacial score (nSPS) is 10.7. The van der Waals surface area contributed by atoms with Gasteiger partial charge in [0.15, 0.2) is 0 Å². The van der Waals surface area contributed by atoms with Crippen molar-refractivity contribution >= 4 is 31.9 Å². The van der Waals surface area contributed by atoms with Crippen LogP contribution in [0.15, 0.2) is 24.3 Å². The summed E-state index contributed by atoms with van der Waals surface area (Å²) >= 11 is 0. The zero-order valence-electron chi connectivity index (χ0n) is 13.2. The van der Waals surface area contributed by atoms with Crippen molar-refractivity contribution in [2.45, 2.75) is 40.5 Å². The summed E-state index contributed by atoms with van der Waals surface area (Å²) in [7, 11) is -3.96. The molecular formula is C15H20O6Si. The molecule has 0 heterocycles. The molecule has 1 aromatic rings. The lowest BCUT2D eigenvalue weighted by molar-refractivity contribution is -0.146. The Morgan fingerprint density at radius 1 is 0.864 bits per heavy atom. The second-order valence-electron chi connectivity index (χ2n) is 4.78. The van der Waals surface area contributed by atoms with Crippen molar-refractivity contribution in [2.75, 3.05) is 0 Å². The van der Waals surface area contributed by atoms with Crippen molar-refractivity contribution in [3.05, 3.63) is 29.8 Å². The average Bonchev–Trinajstić information content (AvgIpc) is 2.37. The van der Waals surface area contributed by atoms with Crippen molar-refractivity contribution in [3.8, 4) is 0 Å². The molecular weight excluding hydrogens is 304 g/mol. The molecule has 0 aliphatic heterocycles. The number of benzene rings is 1. The Bertz CT molecular complexity index is 511. The lowest BCUT2D eigenvalue weighted by Crippen LogP contribution is -2.59. The summed E-state index contributed by atoms with van der Waals surface area (Å²) in [6, 6.07) is 6.98. The van der Waals surface area contributed by atoms with E-state index in [0.717, 1.165) is 18.4 Å². The molecule has 0 aliphatic rings. The molecule has 0 bridgehead atoms. The first-order chi connectivity index (χ1) is 10.3. The molecule has 0 saturated heterocycles. The van der Waals surface area contributed by atoms with Crippen LogP contribution >= 0.6 is 0 Å². The molecule has 22 heavy (non-hydrogen) atoms. The van der Waals surface area contributed by atoms with Crippen molar-refractivity contribution in [1.29, 1.82) is 0 Å². The smallest absolute Gasteiger partial charge is 0.452 e. The Kier molecular flexibility index (Phi) is 6.30. The summed E-state index contributed by atoms with van der Waals surface area (Å²) in [6.45, 7) is 5.56. The standard InChI is InChI=1S/C15H20O6Si/c1-5-6-14-7-9-15(10-8-14)22(19-11(2)16,20-12(3)17)21-13(4)18/h7-10H,5-6H2,1-4H3. The van der Waals surface area contributed by atoms with E-state index < -0.39 is 26.7 Å². The fourth-order valence-electron chi connectivity index (χ4n) is 1.97. The van der Waals surface area contributed by atoms with Crippen LogP contribution in [0.5, 0.6) is 0 Å². The summed E-state index contributed by atoms with van der Waals surface area (Å²) in [6.07, 6.45) is 1.88. The second-order valence-corrected chi connectivity index (χ2v) is 7.09. The number of hydrogen-bond donors (Lipinski definition) is 0. The first kappa shape index (κ1) is 17.9. The molecule has 0 amide bonds. The number of aryl methyl sites for hydroxylation is 1. The maximum atomic E-state index is 11.4. The fourth-order valence-corrected chi connectivity index (χ4v) is 4.16. The molecule has 0 unspecified atom stereocenters. The van der Waals surface area contributed by atoms with Crippen molar-refractivity contribution < 1.29 is 27.7 Å². The highest BCUT2D eigenvalue weighted by Crippen LogP contribution is 2.14. The molecule has 0 atom stereocenters. The molecule has 0 aliphatic carbocycles. The molecule has 0 radical (unpaired) electrons. The van der Waals surface area contributed by atoms with E-state index in [0.29, 0.717) is 5.19 Å². The third-order valence-corrected chi connectivity index (χ3v) is 5.39. The predicted octanol–water partition coefficient (Wildman–Crippen LogP) is 1.47. The third kappa shape index (κ3) is 4.99. The number of hydrogen-bond acceptors (Lipinski definition) is 6. The monoisotopic (exact) mass is 324 g/mol. The lowest BCUT2D eigenvalue weighted by Gasteiger charge is -2.26. The van der Waals surface area contributed by atoms with Crippen LogP contribution in [-0.4, -0.2) is 26.7 Å². The maximum Gasteiger partial charge on any atom is 0.742 e. The van der Waals surface area contributed by atoms with Crippen LogP contribution in [0.3, 0.4) is 0 Å². The minimum Gasteiger partial charge on any atom is -0.452 e. The van der Waals surface area contributed by atoms with E-state index in [1.807, 2.05) is 12.1 Å². The zero-order valence-corrected chi connectivity index (χ0v) is 14.2. The van der Waals surface area contributed by atoms with Gasteiger partial charge in [-0.25, -0.2) is 0 Å². The molecule has 0 N–H and O–H groups in total. The van der Waals surface area contributed by atoms with E-state index in [9.17, 15) is 14.4 Å². The van der Waals surface area contributed by atoms with Gasteiger partial charge in [-0.1, -0.05) is 37.6 Å². The number of carbonyl (C=O) groups is 3. The molecule has 0 fully saturated rings. The zero-order chi connectivity index (χ0) is 16.8. The summed E-state index contributed by atoms with van der Waals surface area (Å²) in [5, 5.41) is 0.382.